The van der Waals surface area contributed by atoms with Gasteiger partial charge in [-0.1, -0.05) is 0 Å². The lowest BCUT2D eigenvalue weighted by atomic mass is 10.4. The molecule has 1 N–H and O–H groups in total. The van der Waals surface area contributed by atoms with E-state index in [4.69, 9.17) is 10.4 Å². The standard InChI is InChI=1S/C6H11NO3S/c7-3-1-2-5-11(9,10)6-4-8/h8H,1-2,4-6H2. The average Bonchev–Trinajstić information content (AvgIpc) is 1.87. The molecule has 0 unspecified atom stereocenters. The van der Waals surface area contributed by atoms with Crippen molar-refractivity contribution < 1.29 is 13.5 Å². The molecule has 4 nitrogen and oxygen atoms in total. The topological polar surface area (TPSA) is 78.2 Å². The van der Waals surface area contributed by atoms with Gasteiger partial charge >= 0.3 is 0 Å². The summed E-state index contributed by atoms with van der Waals surface area (Å²) in [5, 5.41) is 16.4. The van der Waals surface area contributed by atoms with Crippen molar-refractivity contribution in [2.24, 2.45) is 0 Å². The Balaban J connectivity index is 3.67. The highest BCUT2D eigenvalue weighted by Gasteiger charge is 2.08. The summed E-state index contributed by atoms with van der Waals surface area (Å²) in [7, 11) is -3.10. The van der Waals surface area contributed by atoms with Crippen molar-refractivity contribution in [3.05, 3.63) is 0 Å². The molecule has 64 valence electrons. The van der Waals surface area contributed by atoms with Crippen LogP contribution in [0.2, 0.25) is 0 Å². The molecule has 0 aromatic carbocycles. The zero-order chi connectivity index (χ0) is 8.74. The summed E-state index contributed by atoms with van der Waals surface area (Å²) in [5.41, 5.74) is 0. The van der Waals surface area contributed by atoms with Gasteiger partial charge in [0.15, 0.2) is 9.84 Å². The van der Waals surface area contributed by atoms with Crippen molar-refractivity contribution >= 4 is 9.84 Å². The van der Waals surface area contributed by atoms with Crippen molar-refractivity contribution in [3.8, 4) is 6.07 Å². The second kappa shape index (κ2) is 5.10. The van der Waals surface area contributed by atoms with E-state index in [0.29, 0.717) is 6.42 Å². The number of aliphatic hydroxyl groups excluding tert-OH is 1. The minimum atomic E-state index is -3.10. The Bertz CT molecular complexity index is 227. The van der Waals surface area contributed by atoms with Crippen LogP contribution in [0.4, 0.5) is 0 Å². The lowest BCUT2D eigenvalue weighted by Crippen LogP contribution is -2.13. The first-order chi connectivity index (χ1) is 5.12. The molecule has 0 aromatic heterocycles. The third kappa shape index (κ3) is 5.83. The molecular formula is C6H11NO3S. The number of nitriles is 1. The summed E-state index contributed by atoms with van der Waals surface area (Å²) in [6.45, 7) is -0.338. The van der Waals surface area contributed by atoms with Crippen LogP contribution >= 0.6 is 0 Å². The Morgan fingerprint density at radius 3 is 2.45 bits per heavy atom. The largest absolute Gasteiger partial charge is 0.395 e. The number of unbranched alkanes of at least 4 members (excludes halogenated alkanes) is 1. The molecule has 0 rings (SSSR count). The highest BCUT2D eigenvalue weighted by Crippen LogP contribution is 1.95. The Labute approximate surface area is 66.4 Å². The van der Waals surface area contributed by atoms with Crippen LogP contribution in [0.3, 0.4) is 0 Å². The van der Waals surface area contributed by atoms with Gasteiger partial charge in [0.2, 0.25) is 0 Å². The highest BCUT2D eigenvalue weighted by molar-refractivity contribution is 7.91. The Morgan fingerprint density at radius 2 is 2.00 bits per heavy atom. The van der Waals surface area contributed by atoms with Crippen LogP contribution in [0.15, 0.2) is 0 Å². The van der Waals surface area contributed by atoms with Crippen LogP contribution in [0.5, 0.6) is 0 Å². The fourth-order valence-corrected chi connectivity index (χ4v) is 1.68. The van der Waals surface area contributed by atoms with Crippen LogP contribution in [-0.4, -0.2) is 31.6 Å². The first kappa shape index (κ1) is 10.4. The zero-order valence-corrected chi connectivity index (χ0v) is 6.97. The van der Waals surface area contributed by atoms with Gasteiger partial charge in [-0.3, -0.25) is 0 Å². The molecular weight excluding hydrogens is 166 g/mol. The first-order valence-corrected chi connectivity index (χ1v) is 5.13. The molecule has 0 heterocycles. The molecule has 5 heteroatoms. The number of rotatable bonds is 5. The summed E-state index contributed by atoms with van der Waals surface area (Å²) >= 11 is 0. The van der Waals surface area contributed by atoms with E-state index >= 15 is 0 Å². The molecule has 0 spiro atoms. The van der Waals surface area contributed by atoms with Crippen molar-refractivity contribution in [2.45, 2.75) is 12.8 Å². The zero-order valence-electron chi connectivity index (χ0n) is 6.15. The van der Waals surface area contributed by atoms with Gasteiger partial charge in [-0.25, -0.2) is 8.42 Å². The monoisotopic (exact) mass is 177 g/mol. The minimum absolute atomic E-state index is 0.00111. The van der Waals surface area contributed by atoms with Gasteiger partial charge < -0.3 is 5.11 Å². The molecule has 11 heavy (non-hydrogen) atoms. The number of aliphatic hydroxyl groups is 1. The Kier molecular flexibility index (Phi) is 4.83. The number of hydrogen-bond acceptors (Lipinski definition) is 4. The lowest BCUT2D eigenvalue weighted by molar-refractivity contribution is 0.319. The molecule has 0 aliphatic rings. The molecule has 0 amide bonds. The molecule has 0 fully saturated rings. The van der Waals surface area contributed by atoms with E-state index in [-0.39, 0.29) is 24.5 Å². The summed E-state index contributed by atoms with van der Waals surface area (Å²) in [6, 6.07) is 1.86. The van der Waals surface area contributed by atoms with E-state index in [1.165, 1.54) is 0 Å². The molecule has 0 aromatic rings. The van der Waals surface area contributed by atoms with E-state index in [2.05, 4.69) is 0 Å². The van der Waals surface area contributed by atoms with E-state index in [0.717, 1.165) is 0 Å². The van der Waals surface area contributed by atoms with E-state index < -0.39 is 9.84 Å². The van der Waals surface area contributed by atoms with Crippen LogP contribution < -0.4 is 0 Å². The molecule has 0 saturated heterocycles. The molecule has 0 bridgehead atoms. The number of nitrogens with zero attached hydrogens (tertiary/aromatic N) is 1. The SMILES string of the molecule is N#CCCCS(=O)(=O)CCO. The lowest BCUT2D eigenvalue weighted by Gasteiger charge is -1.97. The maximum atomic E-state index is 10.8. The predicted molar refractivity (Wildman–Crippen MR) is 40.6 cm³/mol. The molecule has 0 radical (unpaired) electrons. The Hall–Kier alpha value is -0.600. The van der Waals surface area contributed by atoms with E-state index in [9.17, 15) is 8.42 Å². The van der Waals surface area contributed by atoms with Gasteiger partial charge in [0.05, 0.1) is 24.2 Å². The van der Waals surface area contributed by atoms with Crippen molar-refractivity contribution in [3.63, 3.8) is 0 Å². The molecule has 0 aliphatic heterocycles. The second-order valence-electron chi connectivity index (χ2n) is 2.14. The minimum Gasteiger partial charge on any atom is -0.395 e. The maximum absolute atomic E-state index is 10.8. The summed E-state index contributed by atoms with van der Waals surface area (Å²) in [4.78, 5) is 0. The van der Waals surface area contributed by atoms with Crippen LogP contribution in [-0.2, 0) is 9.84 Å². The van der Waals surface area contributed by atoms with Crippen molar-refractivity contribution in [1.82, 2.24) is 0 Å². The summed E-state index contributed by atoms with van der Waals surface area (Å²) in [6.07, 6.45) is 0.615. The highest BCUT2D eigenvalue weighted by atomic mass is 32.2. The number of sulfone groups is 1. The summed E-state index contributed by atoms with van der Waals surface area (Å²) in [5.74, 6) is -0.195. The molecule has 0 saturated carbocycles. The van der Waals surface area contributed by atoms with Gasteiger partial charge in [0.1, 0.15) is 0 Å². The first-order valence-electron chi connectivity index (χ1n) is 3.30. The third-order valence-electron chi connectivity index (χ3n) is 1.15. The third-order valence-corrected chi connectivity index (χ3v) is 2.86. The molecule has 0 atom stereocenters. The van der Waals surface area contributed by atoms with Crippen LogP contribution in [0.1, 0.15) is 12.8 Å². The fourth-order valence-electron chi connectivity index (χ4n) is 0.612. The van der Waals surface area contributed by atoms with Gasteiger partial charge in [0, 0.05) is 6.42 Å². The van der Waals surface area contributed by atoms with Crippen molar-refractivity contribution in [2.75, 3.05) is 18.1 Å². The fraction of sp³-hybridized carbons (Fsp3) is 0.833. The van der Waals surface area contributed by atoms with Crippen LogP contribution in [0.25, 0.3) is 0 Å². The maximum Gasteiger partial charge on any atom is 0.152 e. The Morgan fingerprint density at radius 1 is 1.36 bits per heavy atom. The van der Waals surface area contributed by atoms with E-state index in [1.54, 1.807) is 0 Å². The van der Waals surface area contributed by atoms with Gasteiger partial charge in [-0.15, -0.1) is 0 Å². The molecule has 0 aliphatic carbocycles. The quantitative estimate of drug-likeness (QED) is 0.585. The van der Waals surface area contributed by atoms with Crippen molar-refractivity contribution in [1.29, 1.82) is 5.26 Å². The van der Waals surface area contributed by atoms with Gasteiger partial charge in [0.25, 0.3) is 0 Å². The summed E-state index contributed by atoms with van der Waals surface area (Å²) < 4.78 is 21.7. The predicted octanol–water partition coefficient (Wildman–Crippen LogP) is -0.303. The normalized spacial score (nSPS) is 10.9. The van der Waals surface area contributed by atoms with E-state index in [1.807, 2.05) is 6.07 Å². The van der Waals surface area contributed by atoms with Crippen LogP contribution in [0, 0.1) is 11.3 Å². The smallest absolute Gasteiger partial charge is 0.152 e. The average molecular weight is 177 g/mol. The van der Waals surface area contributed by atoms with Gasteiger partial charge in [-0.05, 0) is 6.42 Å². The van der Waals surface area contributed by atoms with Gasteiger partial charge in [-0.2, -0.15) is 5.26 Å². The number of hydrogen-bond donors (Lipinski definition) is 1. The second-order valence-corrected chi connectivity index (χ2v) is 4.44.